The van der Waals surface area contributed by atoms with Gasteiger partial charge in [-0.05, 0) is 49.2 Å². The number of anilines is 1. The third-order valence-electron chi connectivity index (χ3n) is 4.71. The summed E-state index contributed by atoms with van der Waals surface area (Å²) in [5, 5.41) is 8.74. The first kappa shape index (κ1) is 20.2. The van der Waals surface area contributed by atoms with E-state index in [2.05, 4.69) is 15.4 Å². The number of thioether (sulfide) groups is 1. The van der Waals surface area contributed by atoms with Crippen LogP contribution in [0.3, 0.4) is 0 Å². The van der Waals surface area contributed by atoms with Gasteiger partial charge < -0.3 is 10.1 Å². The summed E-state index contributed by atoms with van der Waals surface area (Å²) in [6, 6.07) is 15.1. The first-order valence-corrected chi connectivity index (χ1v) is 10.6. The van der Waals surface area contributed by atoms with Crippen LogP contribution in [0, 0.1) is 12.8 Å². The topological polar surface area (TPSA) is 81.4 Å². The molecule has 2 aromatic heterocycles. The number of benzene rings is 2. The Bertz CT molecular complexity index is 1200. The number of nitrogens with one attached hydrogen (secondary N) is 1. The smallest absolute Gasteiger partial charge is 0.238 e. The minimum atomic E-state index is -0.353. The van der Waals surface area contributed by atoms with E-state index in [1.54, 1.807) is 11.6 Å². The van der Waals surface area contributed by atoms with Gasteiger partial charge in [0.25, 0.3) is 0 Å². The lowest BCUT2D eigenvalue weighted by Gasteiger charge is -2.20. The number of amides is 1. The highest BCUT2D eigenvalue weighted by atomic mass is 32.2. The Balaban J connectivity index is 1.66. The van der Waals surface area contributed by atoms with E-state index in [1.807, 2.05) is 69.3 Å². The number of hydrogen-bond acceptors (Lipinski definition) is 6. The Morgan fingerprint density at radius 2 is 1.83 bits per heavy atom. The van der Waals surface area contributed by atoms with Crippen LogP contribution in [-0.4, -0.2) is 37.8 Å². The number of hydrogen-bond donors (Lipinski definition) is 1. The van der Waals surface area contributed by atoms with Crippen LogP contribution in [0.4, 0.5) is 5.69 Å². The van der Waals surface area contributed by atoms with Gasteiger partial charge >= 0.3 is 0 Å². The number of methoxy groups -OCH3 is 1. The summed E-state index contributed by atoms with van der Waals surface area (Å²) in [4.78, 5) is 22.4. The molecule has 1 unspecified atom stereocenters. The average molecular weight is 422 g/mol. The van der Waals surface area contributed by atoms with E-state index in [0.29, 0.717) is 11.0 Å². The molecule has 4 rings (SSSR count). The van der Waals surface area contributed by atoms with Crippen LogP contribution in [-0.2, 0) is 4.79 Å². The fourth-order valence-electron chi connectivity index (χ4n) is 3.20. The molecule has 8 heteroatoms. The minimum Gasteiger partial charge on any atom is -0.497 e. The largest absolute Gasteiger partial charge is 0.497 e. The standard InChI is InChI=1S/C22H23N5O2S/c1-13(2)19(21(28)24-15-9-11-16(29-4)12-10-15)30-22-25-18-8-6-5-7-17(18)20-23-14(3)26-27(20)22/h5-13,19H,1-4H3,(H,24,28). The van der Waals surface area contributed by atoms with Crippen molar-refractivity contribution in [2.24, 2.45) is 5.92 Å². The number of aromatic nitrogens is 4. The third kappa shape index (κ3) is 3.95. The van der Waals surface area contributed by atoms with Gasteiger partial charge in [-0.1, -0.05) is 37.7 Å². The van der Waals surface area contributed by atoms with Gasteiger partial charge in [0.2, 0.25) is 5.91 Å². The zero-order valence-electron chi connectivity index (χ0n) is 17.3. The van der Waals surface area contributed by atoms with Crippen LogP contribution in [0.1, 0.15) is 19.7 Å². The Kier molecular flexibility index (Phi) is 5.59. The van der Waals surface area contributed by atoms with Gasteiger partial charge in [0, 0.05) is 11.1 Å². The predicted molar refractivity (Wildman–Crippen MR) is 119 cm³/mol. The van der Waals surface area contributed by atoms with Crippen molar-refractivity contribution >= 4 is 39.9 Å². The Morgan fingerprint density at radius 1 is 1.10 bits per heavy atom. The lowest BCUT2D eigenvalue weighted by Crippen LogP contribution is -2.30. The monoisotopic (exact) mass is 421 g/mol. The lowest BCUT2D eigenvalue weighted by molar-refractivity contribution is -0.116. The molecule has 0 aliphatic heterocycles. The molecule has 154 valence electrons. The number of nitrogens with zero attached hydrogens (tertiary/aromatic N) is 4. The van der Waals surface area contributed by atoms with Crippen molar-refractivity contribution in [1.82, 2.24) is 19.6 Å². The van der Waals surface area contributed by atoms with E-state index in [4.69, 9.17) is 9.72 Å². The molecule has 0 bridgehead atoms. The summed E-state index contributed by atoms with van der Waals surface area (Å²) in [7, 11) is 1.61. The molecule has 1 atom stereocenters. The van der Waals surface area contributed by atoms with Gasteiger partial charge in [0.05, 0.1) is 17.9 Å². The highest BCUT2D eigenvalue weighted by Gasteiger charge is 2.26. The molecule has 30 heavy (non-hydrogen) atoms. The predicted octanol–water partition coefficient (Wildman–Crippen LogP) is 4.35. The molecule has 1 N–H and O–H groups in total. The highest BCUT2D eigenvalue weighted by molar-refractivity contribution is 8.00. The van der Waals surface area contributed by atoms with Gasteiger partial charge in [0.1, 0.15) is 11.6 Å². The van der Waals surface area contributed by atoms with Gasteiger partial charge in [0.15, 0.2) is 10.8 Å². The van der Waals surface area contributed by atoms with E-state index in [1.165, 1.54) is 11.8 Å². The van der Waals surface area contributed by atoms with Crippen LogP contribution in [0.15, 0.2) is 53.7 Å². The zero-order chi connectivity index (χ0) is 21.3. The number of aryl methyl sites for hydroxylation is 1. The highest BCUT2D eigenvalue weighted by Crippen LogP contribution is 2.31. The molecular weight excluding hydrogens is 398 g/mol. The molecule has 2 heterocycles. The quantitative estimate of drug-likeness (QED) is 0.368. The van der Waals surface area contributed by atoms with Crippen molar-refractivity contribution in [2.45, 2.75) is 31.2 Å². The fraction of sp³-hybridized carbons (Fsp3) is 0.273. The van der Waals surface area contributed by atoms with Gasteiger partial charge in [-0.2, -0.15) is 4.52 Å². The number of carbonyl (C=O) groups excluding carboxylic acids is 1. The van der Waals surface area contributed by atoms with Crippen LogP contribution in [0.5, 0.6) is 5.75 Å². The van der Waals surface area contributed by atoms with E-state index in [0.717, 1.165) is 28.0 Å². The van der Waals surface area contributed by atoms with Crippen LogP contribution in [0.25, 0.3) is 16.6 Å². The van der Waals surface area contributed by atoms with Crippen molar-refractivity contribution < 1.29 is 9.53 Å². The van der Waals surface area contributed by atoms with E-state index in [-0.39, 0.29) is 17.1 Å². The molecule has 0 saturated heterocycles. The maximum atomic E-state index is 13.1. The summed E-state index contributed by atoms with van der Waals surface area (Å²) in [5.74, 6) is 1.41. The van der Waals surface area contributed by atoms with E-state index in [9.17, 15) is 4.79 Å². The molecule has 0 radical (unpaired) electrons. The van der Waals surface area contributed by atoms with E-state index >= 15 is 0 Å². The van der Waals surface area contributed by atoms with E-state index < -0.39 is 0 Å². The van der Waals surface area contributed by atoms with Crippen molar-refractivity contribution in [2.75, 3.05) is 12.4 Å². The second kappa shape index (κ2) is 8.31. The number of carbonyl (C=O) groups is 1. The molecule has 0 fully saturated rings. The number of para-hydroxylation sites is 1. The maximum absolute atomic E-state index is 13.1. The van der Waals surface area contributed by atoms with Crippen LogP contribution in [0.2, 0.25) is 0 Å². The van der Waals surface area contributed by atoms with Crippen molar-refractivity contribution in [3.8, 4) is 5.75 Å². The first-order valence-electron chi connectivity index (χ1n) is 9.70. The third-order valence-corrected chi connectivity index (χ3v) is 6.20. The van der Waals surface area contributed by atoms with Gasteiger partial charge in [-0.15, -0.1) is 5.10 Å². The summed E-state index contributed by atoms with van der Waals surface area (Å²) < 4.78 is 6.91. The zero-order valence-corrected chi connectivity index (χ0v) is 18.1. The molecule has 7 nitrogen and oxygen atoms in total. The minimum absolute atomic E-state index is 0.0832. The number of fused-ring (bicyclic) bond motifs is 3. The summed E-state index contributed by atoms with van der Waals surface area (Å²) >= 11 is 1.40. The fourth-order valence-corrected chi connectivity index (χ4v) is 4.25. The second-order valence-corrected chi connectivity index (χ2v) is 8.41. The molecular formula is C22H23N5O2S. The summed E-state index contributed by atoms with van der Waals surface area (Å²) in [6.07, 6.45) is 0. The Hall–Kier alpha value is -3.13. The molecule has 2 aromatic carbocycles. The SMILES string of the molecule is COc1ccc(NC(=O)C(Sc2nc3ccccc3c3nc(C)nn23)C(C)C)cc1. The molecule has 0 saturated carbocycles. The van der Waals surface area contributed by atoms with Gasteiger partial charge in [-0.25, -0.2) is 9.97 Å². The molecule has 4 aromatic rings. The lowest BCUT2D eigenvalue weighted by atomic mass is 10.1. The molecule has 1 amide bonds. The Labute approximate surface area is 178 Å². The average Bonchev–Trinajstić information content (AvgIpc) is 3.14. The summed E-state index contributed by atoms with van der Waals surface area (Å²) in [5.41, 5.74) is 2.30. The Morgan fingerprint density at radius 3 is 2.53 bits per heavy atom. The van der Waals surface area contributed by atoms with Gasteiger partial charge in [-0.3, -0.25) is 4.79 Å². The normalized spacial score (nSPS) is 12.4. The number of rotatable bonds is 6. The van der Waals surface area contributed by atoms with Crippen LogP contribution >= 0.6 is 11.8 Å². The maximum Gasteiger partial charge on any atom is 0.238 e. The number of ether oxygens (including phenoxy) is 1. The van der Waals surface area contributed by atoms with Crippen molar-refractivity contribution in [1.29, 1.82) is 0 Å². The second-order valence-electron chi connectivity index (χ2n) is 7.31. The molecule has 0 aliphatic rings. The van der Waals surface area contributed by atoms with Crippen molar-refractivity contribution in [3.63, 3.8) is 0 Å². The molecule has 0 spiro atoms. The summed E-state index contributed by atoms with van der Waals surface area (Å²) in [6.45, 7) is 5.90. The van der Waals surface area contributed by atoms with Crippen LogP contribution < -0.4 is 10.1 Å². The van der Waals surface area contributed by atoms with Crippen molar-refractivity contribution in [3.05, 3.63) is 54.4 Å². The molecule has 0 aliphatic carbocycles. The first-order chi connectivity index (χ1) is 14.5.